The molecule has 1 saturated heterocycles. The first-order valence-corrected chi connectivity index (χ1v) is 6.36. The predicted octanol–water partition coefficient (Wildman–Crippen LogP) is 2.09. The minimum absolute atomic E-state index is 0.845. The van der Waals surface area contributed by atoms with Crippen molar-refractivity contribution in [2.45, 2.75) is 6.92 Å². The summed E-state index contributed by atoms with van der Waals surface area (Å²) in [5.41, 5.74) is 9.19. The van der Waals surface area contributed by atoms with Crippen LogP contribution >= 0.6 is 15.9 Å². The Hall–Kier alpha value is -0.740. The largest absolute Gasteiger partial charge is 0.398 e. The number of halogens is 1. The maximum Gasteiger partial charge on any atom is 0.0489 e. The topological polar surface area (TPSA) is 32.5 Å². The number of nitrogen functional groups attached to an aromatic ring is 1. The molecule has 0 unspecified atom stereocenters. The monoisotopic (exact) mass is 283 g/mol. The van der Waals surface area contributed by atoms with E-state index in [1.165, 1.54) is 5.69 Å². The van der Waals surface area contributed by atoms with Crippen LogP contribution in [0, 0.1) is 6.92 Å². The molecule has 2 rings (SSSR count). The molecule has 0 saturated carbocycles. The number of benzene rings is 1. The van der Waals surface area contributed by atoms with Crippen LogP contribution in [0.2, 0.25) is 0 Å². The van der Waals surface area contributed by atoms with E-state index >= 15 is 0 Å². The van der Waals surface area contributed by atoms with Gasteiger partial charge in [-0.05, 0) is 47.6 Å². The summed E-state index contributed by atoms with van der Waals surface area (Å²) in [6, 6.07) is 4.29. The molecule has 1 aromatic rings. The second-order valence-corrected chi connectivity index (χ2v) is 5.30. The van der Waals surface area contributed by atoms with Crippen molar-refractivity contribution >= 4 is 27.3 Å². The molecular formula is C12H18BrN3. The number of rotatable bonds is 1. The number of hydrogen-bond acceptors (Lipinski definition) is 3. The van der Waals surface area contributed by atoms with Gasteiger partial charge in [0.25, 0.3) is 0 Å². The maximum absolute atomic E-state index is 5.93. The van der Waals surface area contributed by atoms with Gasteiger partial charge in [-0.3, -0.25) is 0 Å². The number of likely N-dealkylation sites (N-methyl/N-ethyl adjacent to an activating group) is 1. The molecule has 1 aliphatic heterocycles. The molecule has 0 spiro atoms. The second kappa shape index (κ2) is 4.63. The van der Waals surface area contributed by atoms with Gasteiger partial charge in [0.15, 0.2) is 0 Å². The second-order valence-electron chi connectivity index (χ2n) is 4.45. The summed E-state index contributed by atoms with van der Waals surface area (Å²) in [4.78, 5) is 4.77. The van der Waals surface area contributed by atoms with E-state index in [-0.39, 0.29) is 0 Å². The summed E-state index contributed by atoms with van der Waals surface area (Å²) in [7, 11) is 2.17. The van der Waals surface area contributed by atoms with Crippen molar-refractivity contribution in [3.05, 3.63) is 22.2 Å². The maximum atomic E-state index is 5.93. The van der Waals surface area contributed by atoms with E-state index in [0.717, 1.165) is 41.9 Å². The molecule has 4 heteroatoms. The van der Waals surface area contributed by atoms with Crippen molar-refractivity contribution in [1.82, 2.24) is 4.90 Å². The van der Waals surface area contributed by atoms with Crippen molar-refractivity contribution < 1.29 is 0 Å². The summed E-state index contributed by atoms with van der Waals surface area (Å²) in [5, 5.41) is 0. The summed E-state index contributed by atoms with van der Waals surface area (Å²) in [6.45, 7) is 6.49. The van der Waals surface area contributed by atoms with Crippen LogP contribution in [0.5, 0.6) is 0 Å². The smallest absolute Gasteiger partial charge is 0.0489 e. The number of aryl methyl sites for hydroxylation is 1. The summed E-state index contributed by atoms with van der Waals surface area (Å²) in [6.07, 6.45) is 0. The van der Waals surface area contributed by atoms with E-state index < -0.39 is 0 Å². The van der Waals surface area contributed by atoms with Gasteiger partial charge in [-0.2, -0.15) is 0 Å². The van der Waals surface area contributed by atoms with E-state index in [2.05, 4.69) is 51.8 Å². The Morgan fingerprint density at radius 3 is 2.38 bits per heavy atom. The van der Waals surface area contributed by atoms with Gasteiger partial charge >= 0.3 is 0 Å². The third-order valence-corrected chi connectivity index (χ3v) is 3.85. The van der Waals surface area contributed by atoms with Crippen molar-refractivity contribution in [3.63, 3.8) is 0 Å². The predicted molar refractivity (Wildman–Crippen MR) is 73.0 cm³/mol. The molecule has 88 valence electrons. The van der Waals surface area contributed by atoms with Crippen LogP contribution in [-0.4, -0.2) is 38.1 Å². The average molecular weight is 284 g/mol. The molecule has 1 aromatic carbocycles. The minimum Gasteiger partial charge on any atom is -0.398 e. The average Bonchev–Trinajstić information content (AvgIpc) is 2.26. The molecular weight excluding hydrogens is 266 g/mol. The molecule has 0 bridgehead atoms. The standard InChI is InChI=1S/C12H18BrN3/c1-9-7-10(8-11(13)12(9)14)16-5-3-15(2)4-6-16/h7-8H,3-6,14H2,1-2H3. The third kappa shape index (κ3) is 2.33. The zero-order valence-electron chi connectivity index (χ0n) is 9.83. The van der Waals surface area contributed by atoms with Gasteiger partial charge in [0.2, 0.25) is 0 Å². The lowest BCUT2D eigenvalue weighted by Gasteiger charge is -2.34. The lowest BCUT2D eigenvalue weighted by Crippen LogP contribution is -2.44. The Labute approximate surface area is 105 Å². The van der Waals surface area contributed by atoms with Crippen molar-refractivity contribution in [1.29, 1.82) is 0 Å². The van der Waals surface area contributed by atoms with Gasteiger partial charge in [-0.15, -0.1) is 0 Å². The third-order valence-electron chi connectivity index (χ3n) is 3.19. The Balaban J connectivity index is 2.21. The lowest BCUT2D eigenvalue weighted by molar-refractivity contribution is 0.313. The Morgan fingerprint density at radius 1 is 1.19 bits per heavy atom. The van der Waals surface area contributed by atoms with Gasteiger partial charge in [0, 0.05) is 42.0 Å². The molecule has 2 N–H and O–H groups in total. The fraction of sp³-hybridized carbons (Fsp3) is 0.500. The summed E-state index contributed by atoms with van der Waals surface area (Å²) < 4.78 is 1.00. The van der Waals surface area contributed by atoms with Gasteiger partial charge < -0.3 is 15.5 Å². The van der Waals surface area contributed by atoms with E-state index in [4.69, 9.17) is 5.73 Å². The molecule has 0 atom stereocenters. The zero-order chi connectivity index (χ0) is 11.7. The number of piperazine rings is 1. The van der Waals surface area contributed by atoms with E-state index in [9.17, 15) is 0 Å². The molecule has 0 aliphatic carbocycles. The fourth-order valence-electron chi connectivity index (χ4n) is 1.98. The molecule has 16 heavy (non-hydrogen) atoms. The molecule has 0 radical (unpaired) electrons. The highest BCUT2D eigenvalue weighted by molar-refractivity contribution is 9.10. The van der Waals surface area contributed by atoms with Crippen LogP contribution in [0.4, 0.5) is 11.4 Å². The molecule has 1 aliphatic rings. The van der Waals surface area contributed by atoms with Crippen LogP contribution < -0.4 is 10.6 Å². The van der Waals surface area contributed by atoms with Crippen molar-refractivity contribution in [2.24, 2.45) is 0 Å². The van der Waals surface area contributed by atoms with Crippen LogP contribution in [0.3, 0.4) is 0 Å². The van der Waals surface area contributed by atoms with Gasteiger partial charge in [0.05, 0.1) is 0 Å². The highest BCUT2D eigenvalue weighted by Gasteiger charge is 2.15. The number of anilines is 2. The quantitative estimate of drug-likeness (QED) is 0.802. The number of nitrogens with zero attached hydrogens (tertiary/aromatic N) is 2. The normalized spacial score (nSPS) is 17.8. The van der Waals surface area contributed by atoms with Crippen LogP contribution in [0.15, 0.2) is 16.6 Å². The molecule has 0 amide bonds. The van der Waals surface area contributed by atoms with E-state index in [0.29, 0.717) is 0 Å². The number of nitrogens with two attached hydrogens (primary N) is 1. The Morgan fingerprint density at radius 2 is 1.81 bits per heavy atom. The molecule has 1 heterocycles. The van der Waals surface area contributed by atoms with Crippen LogP contribution in [0.25, 0.3) is 0 Å². The highest BCUT2D eigenvalue weighted by Crippen LogP contribution is 2.29. The first-order valence-electron chi connectivity index (χ1n) is 5.57. The summed E-state index contributed by atoms with van der Waals surface area (Å²) in [5.74, 6) is 0. The molecule has 1 fully saturated rings. The van der Waals surface area contributed by atoms with Crippen LogP contribution in [0.1, 0.15) is 5.56 Å². The Kier molecular flexibility index (Phi) is 3.40. The fourth-order valence-corrected chi connectivity index (χ4v) is 2.53. The number of hydrogen-bond donors (Lipinski definition) is 1. The Bertz CT molecular complexity index is 361. The first kappa shape index (κ1) is 11.7. The van der Waals surface area contributed by atoms with Gasteiger partial charge in [0.1, 0.15) is 0 Å². The van der Waals surface area contributed by atoms with Crippen molar-refractivity contribution in [2.75, 3.05) is 43.9 Å². The highest BCUT2D eigenvalue weighted by atomic mass is 79.9. The van der Waals surface area contributed by atoms with E-state index in [1.54, 1.807) is 0 Å². The van der Waals surface area contributed by atoms with Crippen molar-refractivity contribution in [3.8, 4) is 0 Å². The summed E-state index contributed by atoms with van der Waals surface area (Å²) >= 11 is 3.51. The lowest BCUT2D eigenvalue weighted by atomic mass is 10.1. The molecule has 0 aromatic heterocycles. The SMILES string of the molecule is Cc1cc(N2CCN(C)CC2)cc(Br)c1N. The van der Waals surface area contributed by atoms with Crippen LogP contribution in [-0.2, 0) is 0 Å². The van der Waals surface area contributed by atoms with E-state index in [1.807, 2.05) is 0 Å². The van der Waals surface area contributed by atoms with Gasteiger partial charge in [-0.25, -0.2) is 0 Å². The van der Waals surface area contributed by atoms with Gasteiger partial charge in [-0.1, -0.05) is 0 Å². The molecule has 3 nitrogen and oxygen atoms in total. The zero-order valence-corrected chi connectivity index (χ0v) is 11.4. The minimum atomic E-state index is 0.845. The first-order chi connectivity index (χ1) is 7.58.